The first-order valence-electron chi connectivity index (χ1n) is 10.4. The lowest BCUT2D eigenvalue weighted by Crippen LogP contribution is -2.20. The molecule has 2 aromatic carbocycles. The number of nitrogens with one attached hydrogen (secondary N) is 2. The van der Waals surface area contributed by atoms with Crippen molar-refractivity contribution in [2.45, 2.75) is 33.1 Å². The maximum atomic E-state index is 12.5. The van der Waals surface area contributed by atoms with Gasteiger partial charge in [-0.15, -0.1) is 11.3 Å². The molecule has 0 saturated heterocycles. The Morgan fingerprint density at radius 1 is 1.09 bits per heavy atom. The Hall–Kier alpha value is -3.63. The number of hydrogen-bond acceptors (Lipinski definition) is 5. The third kappa shape index (κ3) is 4.66. The molecule has 2 amide bonds. The number of nitrogens with zero attached hydrogens (tertiary/aromatic N) is 1. The van der Waals surface area contributed by atoms with Crippen molar-refractivity contribution < 1.29 is 14.3 Å². The molecular weight excluding hydrogens is 422 g/mol. The van der Waals surface area contributed by atoms with Gasteiger partial charge in [0.15, 0.2) is 6.61 Å². The maximum absolute atomic E-state index is 12.5. The Labute approximate surface area is 190 Å². The van der Waals surface area contributed by atoms with Crippen molar-refractivity contribution in [3.05, 3.63) is 75.2 Å². The van der Waals surface area contributed by atoms with Gasteiger partial charge in [0.1, 0.15) is 16.8 Å². The van der Waals surface area contributed by atoms with Gasteiger partial charge < -0.3 is 15.4 Å². The summed E-state index contributed by atoms with van der Waals surface area (Å²) in [5.41, 5.74) is 4.99. The SMILES string of the molecule is Cc1ccc(C)c(NC(=O)c2ccc(OCC(=O)Nc3sc4c(c3C#N)CCC4)cc2)c1. The van der Waals surface area contributed by atoms with Crippen LogP contribution in [0, 0.1) is 25.2 Å². The second-order valence-electron chi connectivity index (χ2n) is 7.81. The topological polar surface area (TPSA) is 91.2 Å². The summed E-state index contributed by atoms with van der Waals surface area (Å²) in [5.74, 6) is -0.0476. The minimum absolute atomic E-state index is 0.179. The van der Waals surface area contributed by atoms with Crippen molar-refractivity contribution in [3.63, 3.8) is 0 Å². The number of carbonyl (C=O) groups excluding carboxylic acids is 2. The number of thiophene rings is 1. The third-order valence-electron chi connectivity index (χ3n) is 5.41. The monoisotopic (exact) mass is 445 g/mol. The van der Waals surface area contributed by atoms with E-state index < -0.39 is 0 Å². The average molecular weight is 446 g/mol. The van der Waals surface area contributed by atoms with E-state index in [1.54, 1.807) is 24.3 Å². The van der Waals surface area contributed by atoms with Crippen LogP contribution in [-0.2, 0) is 17.6 Å². The van der Waals surface area contributed by atoms with Gasteiger partial charge in [0.05, 0.1) is 5.56 Å². The van der Waals surface area contributed by atoms with Gasteiger partial charge in [-0.25, -0.2) is 0 Å². The number of rotatable bonds is 6. The summed E-state index contributed by atoms with van der Waals surface area (Å²) in [6.07, 6.45) is 2.92. The molecule has 1 aliphatic rings. The van der Waals surface area contributed by atoms with E-state index in [0.717, 1.165) is 41.6 Å². The highest BCUT2D eigenvalue weighted by molar-refractivity contribution is 7.16. The largest absolute Gasteiger partial charge is 0.484 e. The standard InChI is InChI=1S/C25H23N3O3S/c1-15-6-7-16(2)21(12-15)27-24(30)17-8-10-18(11-9-17)31-14-23(29)28-25-20(13-26)19-4-3-5-22(19)32-25/h6-12H,3-5,14H2,1-2H3,(H,27,30)(H,28,29). The summed E-state index contributed by atoms with van der Waals surface area (Å²) in [6.45, 7) is 3.74. The summed E-state index contributed by atoms with van der Waals surface area (Å²) in [6, 6.07) is 14.7. The molecule has 0 radical (unpaired) electrons. The molecule has 1 heterocycles. The number of anilines is 2. The summed E-state index contributed by atoms with van der Waals surface area (Å²) in [4.78, 5) is 26.0. The molecule has 1 aliphatic carbocycles. The molecule has 0 aliphatic heterocycles. The highest BCUT2D eigenvalue weighted by atomic mass is 32.1. The Morgan fingerprint density at radius 3 is 2.62 bits per heavy atom. The maximum Gasteiger partial charge on any atom is 0.262 e. The van der Waals surface area contributed by atoms with Crippen molar-refractivity contribution in [2.75, 3.05) is 17.2 Å². The van der Waals surface area contributed by atoms with Crippen LogP contribution in [0.4, 0.5) is 10.7 Å². The van der Waals surface area contributed by atoms with Crippen molar-refractivity contribution >= 4 is 33.8 Å². The number of amides is 2. The molecule has 0 fully saturated rings. The number of carbonyl (C=O) groups is 2. The molecule has 0 bridgehead atoms. The van der Waals surface area contributed by atoms with Crippen LogP contribution in [0.15, 0.2) is 42.5 Å². The highest BCUT2D eigenvalue weighted by Crippen LogP contribution is 2.38. The fourth-order valence-electron chi connectivity index (χ4n) is 3.69. The van der Waals surface area contributed by atoms with Crippen LogP contribution >= 0.6 is 11.3 Å². The van der Waals surface area contributed by atoms with E-state index >= 15 is 0 Å². The molecule has 162 valence electrons. The van der Waals surface area contributed by atoms with Gasteiger partial charge in [-0.3, -0.25) is 9.59 Å². The van der Waals surface area contributed by atoms with E-state index in [2.05, 4.69) is 16.7 Å². The van der Waals surface area contributed by atoms with E-state index in [0.29, 0.717) is 21.9 Å². The van der Waals surface area contributed by atoms with E-state index in [4.69, 9.17) is 4.74 Å². The summed E-state index contributed by atoms with van der Waals surface area (Å²) >= 11 is 1.48. The average Bonchev–Trinajstić information content (AvgIpc) is 3.36. The Balaban J connectivity index is 1.33. The summed E-state index contributed by atoms with van der Waals surface area (Å²) < 4.78 is 5.56. The van der Waals surface area contributed by atoms with Crippen LogP contribution in [0.2, 0.25) is 0 Å². The zero-order valence-corrected chi connectivity index (χ0v) is 18.8. The van der Waals surface area contributed by atoms with Crippen molar-refractivity contribution in [1.82, 2.24) is 0 Å². The number of benzene rings is 2. The minimum Gasteiger partial charge on any atom is -0.484 e. The van der Waals surface area contributed by atoms with Gasteiger partial charge in [0.25, 0.3) is 11.8 Å². The lowest BCUT2D eigenvalue weighted by molar-refractivity contribution is -0.118. The molecular formula is C25H23N3O3S. The predicted molar refractivity (Wildman–Crippen MR) is 125 cm³/mol. The molecule has 7 heteroatoms. The Bertz CT molecular complexity index is 1220. The molecule has 0 unspecified atom stereocenters. The Kier molecular flexibility index (Phi) is 6.24. The third-order valence-corrected chi connectivity index (χ3v) is 6.62. The van der Waals surface area contributed by atoms with E-state index in [1.807, 2.05) is 32.0 Å². The summed E-state index contributed by atoms with van der Waals surface area (Å²) in [7, 11) is 0. The highest BCUT2D eigenvalue weighted by Gasteiger charge is 2.23. The van der Waals surface area contributed by atoms with Crippen molar-refractivity contribution in [1.29, 1.82) is 5.26 Å². The van der Waals surface area contributed by atoms with Gasteiger partial charge in [-0.05, 0) is 80.1 Å². The number of aryl methyl sites for hydroxylation is 3. The quantitative estimate of drug-likeness (QED) is 0.559. The summed E-state index contributed by atoms with van der Waals surface area (Å²) in [5, 5.41) is 15.7. The normalized spacial score (nSPS) is 12.0. The van der Waals surface area contributed by atoms with Crippen LogP contribution in [0.25, 0.3) is 0 Å². The lowest BCUT2D eigenvalue weighted by Gasteiger charge is -2.10. The Morgan fingerprint density at radius 2 is 1.88 bits per heavy atom. The molecule has 3 aromatic rings. The second-order valence-corrected chi connectivity index (χ2v) is 8.91. The van der Waals surface area contributed by atoms with Gasteiger partial charge >= 0.3 is 0 Å². The van der Waals surface area contributed by atoms with Gasteiger partial charge in [0.2, 0.25) is 0 Å². The molecule has 0 saturated carbocycles. The van der Waals surface area contributed by atoms with Crippen LogP contribution < -0.4 is 15.4 Å². The zero-order chi connectivity index (χ0) is 22.7. The van der Waals surface area contributed by atoms with E-state index in [9.17, 15) is 14.9 Å². The minimum atomic E-state index is -0.321. The van der Waals surface area contributed by atoms with Gasteiger partial charge in [-0.2, -0.15) is 5.26 Å². The number of nitriles is 1. The zero-order valence-electron chi connectivity index (χ0n) is 18.0. The molecule has 4 rings (SSSR count). The van der Waals surface area contributed by atoms with E-state index in [-0.39, 0.29) is 18.4 Å². The second kappa shape index (κ2) is 9.25. The van der Waals surface area contributed by atoms with Gasteiger partial charge in [-0.1, -0.05) is 12.1 Å². The molecule has 2 N–H and O–H groups in total. The number of ether oxygens (including phenoxy) is 1. The molecule has 6 nitrogen and oxygen atoms in total. The lowest BCUT2D eigenvalue weighted by atomic mass is 10.1. The van der Waals surface area contributed by atoms with Gasteiger partial charge in [0, 0.05) is 16.1 Å². The van der Waals surface area contributed by atoms with Crippen LogP contribution in [-0.4, -0.2) is 18.4 Å². The number of hydrogen-bond donors (Lipinski definition) is 2. The smallest absolute Gasteiger partial charge is 0.262 e. The van der Waals surface area contributed by atoms with E-state index in [1.165, 1.54) is 16.2 Å². The molecule has 0 atom stereocenters. The fourth-order valence-corrected chi connectivity index (χ4v) is 4.95. The fraction of sp³-hybridized carbons (Fsp3) is 0.240. The van der Waals surface area contributed by atoms with Crippen LogP contribution in [0.3, 0.4) is 0 Å². The molecule has 0 spiro atoms. The van der Waals surface area contributed by atoms with Crippen LogP contribution in [0.1, 0.15) is 43.9 Å². The predicted octanol–water partition coefficient (Wildman–Crippen LogP) is 5.00. The van der Waals surface area contributed by atoms with Crippen molar-refractivity contribution in [2.24, 2.45) is 0 Å². The molecule has 1 aromatic heterocycles. The first-order valence-corrected chi connectivity index (χ1v) is 11.2. The van der Waals surface area contributed by atoms with Crippen LogP contribution in [0.5, 0.6) is 5.75 Å². The number of fused-ring (bicyclic) bond motifs is 1. The molecule has 32 heavy (non-hydrogen) atoms. The van der Waals surface area contributed by atoms with Crippen molar-refractivity contribution in [3.8, 4) is 11.8 Å². The first kappa shape index (κ1) is 21.6. The first-order chi connectivity index (χ1) is 15.4.